The standard InChI is InChI=1S/C27H27ClN4O4/c1-16-5-8-22(11-18(16)3)30-25(33)15-36-24-10-7-21(28)13-20(24)14-29-32-27(35)26(34)31-23-9-6-17(2)19(4)12-23/h5-14H,15H2,1-4H3,(H,30,33)(H,31,34)(H,32,35)/b29-14-. The molecule has 0 heterocycles. The van der Waals surface area contributed by atoms with Gasteiger partial charge in [-0.2, -0.15) is 5.10 Å². The number of anilines is 2. The van der Waals surface area contributed by atoms with E-state index >= 15 is 0 Å². The van der Waals surface area contributed by atoms with Gasteiger partial charge in [-0.05, 0) is 92.4 Å². The number of halogens is 1. The van der Waals surface area contributed by atoms with E-state index in [9.17, 15) is 14.4 Å². The first-order chi connectivity index (χ1) is 17.1. The number of hydrazone groups is 1. The zero-order chi connectivity index (χ0) is 26.2. The van der Waals surface area contributed by atoms with Crippen molar-refractivity contribution < 1.29 is 19.1 Å². The first kappa shape index (κ1) is 26.4. The Balaban J connectivity index is 1.58. The molecule has 36 heavy (non-hydrogen) atoms. The molecule has 0 fully saturated rings. The van der Waals surface area contributed by atoms with E-state index in [0.717, 1.165) is 22.3 Å². The highest BCUT2D eigenvalue weighted by Gasteiger charge is 2.14. The average molecular weight is 507 g/mol. The van der Waals surface area contributed by atoms with Crippen LogP contribution in [0.2, 0.25) is 5.02 Å². The first-order valence-electron chi connectivity index (χ1n) is 11.1. The van der Waals surface area contributed by atoms with E-state index in [1.165, 1.54) is 6.21 Å². The number of ether oxygens (including phenoxy) is 1. The molecule has 0 unspecified atom stereocenters. The molecule has 3 rings (SSSR count). The second kappa shape index (κ2) is 12.0. The first-order valence-corrected chi connectivity index (χ1v) is 11.5. The van der Waals surface area contributed by atoms with Crippen molar-refractivity contribution in [2.45, 2.75) is 27.7 Å². The summed E-state index contributed by atoms with van der Waals surface area (Å²) in [5.41, 5.74) is 8.02. The van der Waals surface area contributed by atoms with Gasteiger partial charge in [0.1, 0.15) is 5.75 Å². The van der Waals surface area contributed by atoms with Crippen LogP contribution in [0.3, 0.4) is 0 Å². The minimum absolute atomic E-state index is 0.250. The summed E-state index contributed by atoms with van der Waals surface area (Å²) in [6, 6.07) is 15.7. The summed E-state index contributed by atoms with van der Waals surface area (Å²) in [7, 11) is 0. The molecule has 3 aromatic rings. The number of rotatable bonds is 7. The lowest BCUT2D eigenvalue weighted by atomic mass is 10.1. The summed E-state index contributed by atoms with van der Waals surface area (Å²) < 4.78 is 5.63. The molecular weight excluding hydrogens is 480 g/mol. The number of nitrogens with zero attached hydrogens (tertiary/aromatic N) is 1. The van der Waals surface area contributed by atoms with Crippen LogP contribution in [0.25, 0.3) is 0 Å². The van der Waals surface area contributed by atoms with Gasteiger partial charge in [0.25, 0.3) is 5.91 Å². The fourth-order valence-corrected chi connectivity index (χ4v) is 3.31. The second-order valence-corrected chi connectivity index (χ2v) is 8.71. The predicted molar refractivity (Wildman–Crippen MR) is 142 cm³/mol. The van der Waals surface area contributed by atoms with E-state index in [2.05, 4.69) is 21.2 Å². The van der Waals surface area contributed by atoms with Crippen molar-refractivity contribution in [3.63, 3.8) is 0 Å². The molecule has 186 valence electrons. The van der Waals surface area contributed by atoms with E-state index in [4.69, 9.17) is 16.3 Å². The number of benzene rings is 3. The average Bonchev–Trinajstić information content (AvgIpc) is 2.83. The molecular formula is C27H27ClN4O4. The smallest absolute Gasteiger partial charge is 0.329 e. The largest absolute Gasteiger partial charge is 0.483 e. The van der Waals surface area contributed by atoms with Crippen molar-refractivity contribution in [1.29, 1.82) is 0 Å². The maximum Gasteiger partial charge on any atom is 0.329 e. The molecule has 0 saturated carbocycles. The van der Waals surface area contributed by atoms with Gasteiger partial charge in [-0.3, -0.25) is 14.4 Å². The Morgan fingerprint density at radius 1 is 0.806 bits per heavy atom. The lowest BCUT2D eigenvalue weighted by Crippen LogP contribution is -2.32. The van der Waals surface area contributed by atoms with Gasteiger partial charge in [0, 0.05) is 22.0 Å². The van der Waals surface area contributed by atoms with Crippen LogP contribution in [0.15, 0.2) is 59.7 Å². The molecule has 0 saturated heterocycles. The van der Waals surface area contributed by atoms with Crippen molar-refractivity contribution in [2.24, 2.45) is 5.10 Å². The van der Waals surface area contributed by atoms with Crippen LogP contribution in [0.4, 0.5) is 11.4 Å². The fourth-order valence-electron chi connectivity index (χ4n) is 3.13. The molecule has 0 radical (unpaired) electrons. The molecule has 0 aliphatic carbocycles. The van der Waals surface area contributed by atoms with Crippen LogP contribution >= 0.6 is 11.6 Å². The number of nitrogens with one attached hydrogen (secondary N) is 3. The molecule has 3 aromatic carbocycles. The van der Waals surface area contributed by atoms with Crippen molar-refractivity contribution >= 4 is 46.9 Å². The highest BCUT2D eigenvalue weighted by molar-refractivity contribution is 6.39. The highest BCUT2D eigenvalue weighted by Crippen LogP contribution is 2.22. The van der Waals surface area contributed by atoms with Gasteiger partial charge in [0.2, 0.25) is 0 Å². The normalized spacial score (nSPS) is 10.7. The van der Waals surface area contributed by atoms with Crippen molar-refractivity contribution in [3.8, 4) is 5.75 Å². The molecule has 0 atom stereocenters. The van der Waals surface area contributed by atoms with E-state index in [1.54, 1.807) is 30.3 Å². The molecule has 0 aliphatic heterocycles. The van der Waals surface area contributed by atoms with Gasteiger partial charge in [0.05, 0.1) is 6.21 Å². The van der Waals surface area contributed by atoms with Crippen LogP contribution in [-0.2, 0) is 14.4 Å². The minimum atomic E-state index is -0.943. The lowest BCUT2D eigenvalue weighted by Gasteiger charge is -2.11. The molecule has 3 N–H and O–H groups in total. The summed E-state index contributed by atoms with van der Waals surface area (Å²) in [4.78, 5) is 36.6. The zero-order valence-corrected chi connectivity index (χ0v) is 21.2. The third kappa shape index (κ3) is 7.41. The summed E-state index contributed by atoms with van der Waals surface area (Å²) >= 11 is 6.07. The van der Waals surface area contributed by atoms with E-state index in [0.29, 0.717) is 27.7 Å². The van der Waals surface area contributed by atoms with Crippen LogP contribution in [0.1, 0.15) is 27.8 Å². The summed E-state index contributed by atoms with van der Waals surface area (Å²) in [6.45, 7) is 7.57. The Hall–Kier alpha value is -4.17. The highest BCUT2D eigenvalue weighted by atomic mass is 35.5. The fraction of sp³-hybridized carbons (Fsp3) is 0.185. The molecule has 0 aromatic heterocycles. The van der Waals surface area contributed by atoms with Crippen LogP contribution in [0, 0.1) is 27.7 Å². The summed E-state index contributed by atoms with van der Waals surface area (Å²) in [5, 5.41) is 9.54. The predicted octanol–water partition coefficient (Wildman–Crippen LogP) is 4.68. The maximum absolute atomic E-state index is 12.3. The van der Waals surface area contributed by atoms with Gasteiger partial charge in [-0.25, -0.2) is 5.43 Å². The van der Waals surface area contributed by atoms with Crippen molar-refractivity contribution in [3.05, 3.63) is 87.4 Å². The minimum Gasteiger partial charge on any atom is -0.483 e. The second-order valence-electron chi connectivity index (χ2n) is 8.27. The maximum atomic E-state index is 12.3. The van der Waals surface area contributed by atoms with Crippen molar-refractivity contribution in [2.75, 3.05) is 17.2 Å². The number of aryl methyl sites for hydroxylation is 4. The van der Waals surface area contributed by atoms with Crippen LogP contribution < -0.4 is 20.8 Å². The molecule has 0 spiro atoms. The van der Waals surface area contributed by atoms with Gasteiger partial charge in [-0.1, -0.05) is 23.7 Å². The molecule has 0 bridgehead atoms. The lowest BCUT2D eigenvalue weighted by molar-refractivity contribution is -0.136. The van der Waals surface area contributed by atoms with Crippen LogP contribution in [-0.4, -0.2) is 30.5 Å². The Morgan fingerprint density at radius 2 is 1.42 bits per heavy atom. The van der Waals surface area contributed by atoms with Gasteiger partial charge in [-0.15, -0.1) is 0 Å². The Kier molecular flexibility index (Phi) is 8.81. The number of amides is 3. The van der Waals surface area contributed by atoms with E-state index in [1.807, 2.05) is 52.0 Å². The van der Waals surface area contributed by atoms with Crippen LogP contribution in [0.5, 0.6) is 5.75 Å². The summed E-state index contributed by atoms with van der Waals surface area (Å²) in [5.74, 6) is -1.82. The van der Waals surface area contributed by atoms with Gasteiger partial charge < -0.3 is 15.4 Å². The monoisotopic (exact) mass is 506 g/mol. The third-order valence-corrected chi connectivity index (χ3v) is 5.70. The number of carbonyl (C=O) groups is 3. The Morgan fingerprint density at radius 3 is 2.03 bits per heavy atom. The number of hydrogen-bond donors (Lipinski definition) is 3. The topological polar surface area (TPSA) is 109 Å². The molecule has 8 nitrogen and oxygen atoms in total. The number of carbonyl (C=O) groups excluding carboxylic acids is 3. The van der Waals surface area contributed by atoms with E-state index < -0.39 is 11.8 Å². The number of hydrogen-bond acceptors (Lipinski definition) is 5. The zero-order valence-electron chi connectivity index (χ0n) is 20.4. The molecule has 0 aliphatic rings. The Labute approximate surface area is 214 Å². The summed E-state index contributed by atoms with van der Waals surface area (Å²) in [6.07, 6.45) is 1.28. The van der Waals surface area contributed by atoms with Gasteiger partial charge in [0.15, 0.2) is 6.61 Å². The third-order valence-electron chi connectivity index (χ3n) is 5.46. The Bertz CT molecular complexity index is 1340. The molecule has 9 heteroatoms. The SMILES string of the molecule is Cc1ccc(NC(=O)COc2ccc(Cl)cc2/C=N\NC(=O)C(=O)Nc2ccc(C)c(C)c2)cc1C. The molecule has 3 amide bonds. The quantitative estimate of drug-likeness (QED) is 0.245. The van der Waals surface area contributed by atoms with Gasteiger partial charge >= 0.3 is 11.8 Å². The van der Waals surface area contributed by atoms with Crippen molar-refractivity contribution in [1.82, 2.24) is 5.43 Å². The van der Waals surface area contributed by atoms with E-state index in [-0.39, 0.29) is 12.5 Å².